The van der Waals surface area contributed by atoms with Gasteiger partial charge in [0.15, 0.2) is 0 Å². The van der Waals surface area contributed by atoms with Crippen molar-refractivity contribution >= 4 is 0 Å². The highest BCUT2D eigenvalue weighted by atomic mass is 19.1. The van der Waals surface area contributed by atoms with Crippen molar-refractivity contribution < 1.29 is 4.39 Å². The second-order valence-electron chi connectivity index (χ2n) is 4.87. The van der Waals surface area contributed by atoms with Crippen molar-refractivity contribution in [3.05, 3.63) is 41.8 Å². The second-order valence-corrected chi connectivity index (χ2v) is 4.87. The van der Waals surface area contributed by atoms with Crippen LogP contribution in [-0.2, 0) is 13.1 Å². The SMILES string of the molecule is CCn1nccc1-c1ccc(F)c(CNC(C)C)c1. The molecule has 1 aromatic heterocycles. The zero-order valence-electron chi connectivity index (χ0n) is 11.7. The second kappa shape index (κ2) is 5.97. The molecule has 0 fully saturated rings. The molecule has 0 atom stereocenters. The molecule has 19 heavy (non-hydrogen) atoms. The van der Waals surface area contributed by atoms with Crippen molar-refractivity contribution in [3.8, 4) is 11.3 Å². The van der Waals surface area contributed by atoms with Crippen molar-refractivity contribution in [2.24, 2.45) is 0 Å². The maximum Gasteiger partial charge on any atom is 0.127 e. The average molecular weight is 261 g/mol. The van der Waals surface area contributed by atoms with Gasteiger partial charge >= 0.3 is 0 Å². The third-order valence-electron chi connectivity index (χ3n) is 3.06. The molecule has 1 aromatic carbocycles. The number of aryl methyl sites for hydroxylation is 1. The molecule has 1 N–H and O–H groups in total. The minimum Gasteiger partial charge on any atom is -0.310 e. The molecule has 0 unspecified atom stereocenters. The van der Waals surface area contributed by atoms with E-state index in [0.717, 1.165) is 17.8 Å². The smallest absolute Gasteiger partial charge is 0.127 e. The molecule has 2 rings (SSSR count). The molecule has 0 aliphatic heterocycles. The van der Waals surface area contributed by atoms with Gasteiger partial charge in [0.2, 0.25) is 0 Å². The predicted molar refractivity (Wildman–Crippen MR) is 75.3 cm³/mol. The molecule has 0 bridgehead atoms. The highest BCUT2D eigenvalue weighted by Crippen LogP contribution is 2.22. The standard InChI is InChI=1S/C15H20FN3/c1-4-19-15(7-8-18-19)12-5-6-14(16)13(9-12)10-17-11(2)3/h5-9,11,17H,4,10H2,1-3H3. The summed E-state index contributed by atoms with van der Waals surface area (Å²) >= 11 is 0. The zero-order chi connectivity index (χ0) is 13.8. The van der Waals surface area contributed by atoms with E-state index < -0.39 is 0 Å². The van der Waals surface area contributed by atoms with E-state index in [-0.39, 0.29) is 5.82 Å². The number of nitrogens with zero attached hydrogens (tertiary/aromatic N) is 2. The Labute approximate surface area is 113 Å². The van der Waals surface area contributed by atoms with E-state index in [2.05, 4.69) is 10.4 Å². The van der Waals surface area contributed by atoms with E-state index in [9.17, 15) is 4.39 Å². The monoisotopic (exact) mass is 261 g/mol. The summed E-state index contributed by atoms with van der Waals surface area (Å²) in [7, 11) is 0. The van der Waals surface area contributed by atoms with Gasteiger partial charge in [0.25, 0.3) is 0 Å². The lowest BCUT2D eigenvalue weighted by atomic mass is 10.1. The third-order valence-corrected chi connectivity index (χ3v) is 3.06. The van der Waals surface area contributed by atoms with Crippen LogP contribution in [0.15, 0.2) is 30.5 Å². The summed E-state index contributed by atoms with van der Waals surface area (Å²) in [6.07, 6.45) is 1.77. The molecule has 102 valence electrons. The molecule has 3 nitrogen and oxygen atoms in total. The van der Waals surface area contributed by atoms with Crippen molar-refractivity contribution in [2.45, 2.75) is 39.9 Å². The van der Waals surface area contributed by atoms with Gasteiger partial charge in [-0.2, -0.15) is 5.10 Å². The van der Waals surface area contributed by atoms with Crippen LogP contribution < -0.4 is 5.32 Å². The van der Waals surface area contributed by atoms with Gasteiger partial charge < -0.3 is 5.32 Å². The molecule has 0 spiro atoms. The Morgan fingerprint density at radius 3 is 2.79 bits per heavy atom. The van der Waals surface area contributed by atoms with Crippen LogP contribution in [0.5, 0.6) is 0 Å². The van der Waals surface area contributed by atoms with Crippen molar-refractivity contribution in [1.29, 1.82) is 0 Å². The average Bonchev–Trinajstić information content (AvgIpc) is 2.86. The minimum absolute atomic E-state index is 0.167. The van der Waals surface area contributed by atoms with Crippen LogP contribution in [0.25, 0.3) is 11.3 Å². The topological polar surface area (TPSA) is 29.9 Å². The first-order valence-corrected chi connectivity index (χ1v) is 6.65. The lowest BCUT2D eigenvalue weighted by molar-refractivity contribution is 0.553. The first kappa shape index (κ1) is 13.7. The number of halogens is 1. The fraction of sp³-hybridized carbons (Fsp3) is 0.400. The lowest BCUT2D eigenvalue weighted by Gasteiger charge is -2.11. The lowest BCUT2D eigenvalue weighted by Crippen LogP contribution is -2.22. The number of nitrogens with one attached hydrogen (secondary N) is 1. The van der Waals surface area contributed by atoms with Crippen LogP contribution in [0.1, 0.15) is 26.3 Å². The van der Waals surface area contributed by atoms with E-state index in [1.165, 1.54) is 6.07 Å². The summed E-state index contributed by atoms with van der Waals surface area (Å²) in [5.74, 6) is -0.167. The molecule has 1 heterocycles. The van der Waals surface area contributed by atoms with Gasteiger partial charge in [-0.1, -0.05) is 13.8 Å². The van der Waals surface area contributed by atoms with Crippen LogP contribution in [-0.4, -0.2) is 15.8 Å². The third kappa shape index (κ3) is 3.20. The Morgan fingerprint density at radius 2 is 2.11 bits per heavy atom. The summed E-state index contributed by atoms with van der Waals surface area (Å²) in [6, 6.07) is 7.52. The van der Waals surface area contributed by atoms with Gasteiger partial charge in [-0.25, -0.2) is 4.39 Å². The number of benzene rings is 1. The first-order valence-electron chi connectivity index (χ1n) is 6.65. The maximum atomic E-state index is 13.8. The number of rotatable bonds is 5. The van der Waals surface area contributed by atoms with Gasteiger partial charge in [-0.15, -0.1) is 0 Å². The van der Waals surface area contributed by atoms with E-state index in [1.807, 2.05) is 37.6 Å². The Morgan fingerprint density at radius 1 is 1.32 bits per heavy atom. The van der Waals surface area contributed by atoms with Crippen molar-refractivity contribution in [1.82, 2.24) is 15.1 Å². The molecule has 0 aliphatic rings. The molecular weight excluding hydrogens is 241 g/mol. The Hall–Kier alpha value is -1.68. The van der Waals surface area contributed by atoms with E-state index in [0.29, 0.717) is 18.2 Å². The zero-order valence-corrected chi connectivity index (χ0v) is 11.7. The molecular formula is C15H20FN3. The van der Waals surface area contributed by atoms with Gasteiger partial charge in [-0.3, -0.25) is 4.68 Å². The number of hydrogen-bond acceptors (Lipinski definition) is 2. The summed E-state index contributed by atoms with van der Waals surface area (Å²) in [4.78, 5) is 0. The first-order chi connectivity index (χ1) is 9.11. The summed E-state index contributed by atoms with van der Waals surface area (Å²) in [6.45, 7) is 7.49. The largest absolute Gasteiger partial charge is 0.310 e. The Bertz CT molecular complexity index is 546. The minimum atomic E-state index is -0.167. The predicted octanol–water partition coefficient (Wildman–Crippen LogP) is 3.21. The highest BCUT2D eigenvalue weighted by molar-refractivity contribution is 5.60. The molecule has 0 radical (unpaired) electrons. The van der Waals surface area contributed by atoms with E-state index in [4.69, 9.17) is 0 Å². The maximum absolute atomic E-state index is 13.8. The Kier molecular flexibility index (Phi) is 4.32. The summed E-state index contributed by atoms with van der Waals surface area (Å²) < 4.78 is 15.7. The van der Waals surface area contributed by atoms with Crippen LogP contribution in [0.2, 0.25) is 0 Å². The van der Waals surface area contributed by atoms with E-state index >= 15 is 0 Å². The van der Waals surface area contributed by atoms with Gasteiger partial charge in [-0.05, 0) is 31.2 Å². The van der Waals surface area contributed by atoms with Gasteiger partial charge in [0.1, 0.15) is 5.82 Å². The quantitative estimate of drug-likeness (QED) is 0.895. The van der Waals surface area contributed by atoms with Crippen molar-refractivity contribution in [2.75, 3.05) is 0 Å². The molecule has 0 amide bonds. The molecule has 2 aromatic rings. The highest BCUT2D eigenvalue weighted by Gasteiger charge is 2.08. The number of aromatic nitrogens is 2. The fourth-order valence-corrected chi connectivity index (χ4v) is 2.01. The molecule has 0 saturated heterocycles. The summed E-state index contributed by atoms with van der Waals surface area (Å²) in [5, 5.41) is 7.49. The fourth-order valence-electron chi connectivity index (χ4n) is 2.01. The Balaban J connectivity index is 2.30. The molecule has 0 saturated carbocycles. The van der Waals surface area contributed by atoms with Gasteiger partial charge in [0, 0.05) is 36.5 Å². The van der Waals surface area contributed by atoms with Crippen LogP contribution >= 0.6 is 0 Å². The van der Waals surface area contributed by atoms with Crippen LogP contribution in [0, 0.1) is 5.82 Å². The molecule has 0 aliphatic carbocycles. The van der Waals surface area contributed by atoms with Crippen LogP contribution in [0.3, 0.4) is 0 Å². The van der Waals surface area contributed by atoms with Crippen molar-refractivity contribution in [3.63, 3.8) is 0 Å². The number of hydrogen-bond donors (Lipinski definition) is 1. The van der Waals surface area contributed by atoms with Crippen LogP contribution in [0.4, 0.5) is 4.39 Å². The van der Waals surface area contributed by atoms with Gasteiger partial charge in [0.05, 0.1) is 5.69 Å². The molecule has 4 heteroatoms. The van der Waals surface area contributed by atoms with E-state index in [1.54, 1.807) is 12.3 Å². The summed E-state index contributed by atoms with van der Waals surface area (Å²) in [5.41, 5.74) is 2.71. The normalized spacial score (nSPS) is 11.2.